The van der Waals surface area contributed by atoms with Gasteiger partial charge >= 0.3 is 0 Å². The van der Waals surface area contributed by atoms with Gasteiger partial charge in [-0.15, -0.1) is 6.58 Å². The number of hydrogen-bond acceptors (Lipinski definition) is 5. The van der Waals surface area contributed by atoms with Crippen molar-refractivity contribution in [2.24, 2.45) is 0 Å². The molecular formula is C24H30N2O5. The van der Waals surface area contributed by atoms with Gasteiger partial charge < -0.3 is 24.4 Å². The lowest BCUT2D eigenvalue weighted by Gasteiger charge is -2.29. The van der Waals surface area contributed by atoms with Gasteiger partial charge in [0, 0.05) is 13.1 Å². The summed E-state index contributed by atoms with van der Waals surface area (Å²) in [7, 11) is 4.70. The molecule has 7 nitrogen and oxygen atoms in total. The molecule has 2 rings (SSSR count). The number of carbonyl (C=O) groups is 2. The number of hydrogen-bond donors (Lipinski definition) is 1. The standard InChI is InChI=1S/C24H30N2O5/c1-6-13-25-24(28)17(2)26(16-18-7-10-20(29-3)11-8-18)23(27)15-19-9-12-21(30-4)22(14-19)31-5/h6-12,14,17H,1,13,15-16H2,2-5H3,(H,25,28). The van der Waals surface area contributed by atoms with Crippen molar-refractivity contribution in [1.29, 1.82) is 0 Å². The summed E-state index contributed by atoms with van der Waals surface area (Å²) in [5.41, 5.74) is 1.66. The minimum absolute atomic E-state index is 0.121. The van der Waals surface area contributed by atoms with Crippen LogP contribution in [-0.2, 0) is 22.6 Å². The van der Waals surface area contributed by atoms with Crippen LogP contribution in [0, 0.1) is 0 Å². The summed E-state index contributed by atoms with van der Waals surface area (Å²) in [6.07, 6.45) is 1.72. The van der Waals surface area contributed by atoms with E-state index in [1.165, 1.54) is 0 Å². The topological polar surface area (TPSA) is 77.1 Å². The van der Waals surface area contributed by atoms with E-state index in [9.17, 15) is 9.59 Å². The number of rotatable bonds is 11. The van der Waals surface area contributed by atoms with E-state index < -0.39 is 6.04 Å². The third kappa shape index (κ3) is 6.50. The number of benzene rings is 2. The van der Waals surface area contributed by atoms with Crippen molar-refractivity contribution >= 4 is 11.8 Å². The highest BCUT2D eigenvalue weighted by Crippen LogP contribution is 2.28. The van der Waals surface area contributed by atoms with Crippen molar-refractivity contribution < 1.29 is 23.8 Å². The Bertz CT molecular complexity index is 895. The van der Waals surface area contributed by atoms with Crippen molar-refractivity contribution in [3.8, 4) is 17.2 Å². The van der Waals surface area contributed by atoms with E-state index in [2.05, 4.69) is 11.9 Å². The van der Waals surface area contributed by atoms with E-state index in [-0.39, 0.29) is 18.2 Å². The minimum atomic E-state index is -0.658. The van der Waals surface area contributed by atoms with Gasteiger partial charge in [-0.2, -0.15) is 0 Å². The van der Waals surface area contributed by atoms with Crippen LogP contribution in [0.3, 0.4) is 0 Å². The lowest BCUT2D eigenvalue weighted by molar-refractivity contribution is -0.140. The maximum atomic E-state index is 13.2. The number of nitrogens with zero attached hydrogens (tertiary/aromatic N) is 1. The summed E-state index contributed by atoms with van der Waals surface area (Å²) in [5.74, 6) is 1.44. The Kier molecular flexibility index (Phi) is 8.94. The highest BCUT2D eigenvalue weighted by Gasteiger charge is 2.26. The van der Waals surface area contributed by atoms with Gasteiger partial charge in [-0.3, -0.25) is 9.59 Å². The van der Waals surface area contributed by atoms with E-state index in [1.54, 1.807) is 51.4 Å². The minimum Gasteiger partial charge on any atom is -0.497 e. The van der Waals surface area contributed by atoms with E-state index in [4.69, 9.17) is 14.2 Å². The molecule has 0 saturated carbocycles. The van der Waals surface area contributed by atoms with Crippen LogP contribution in [0.2, 0.25) is 0 Å². The predicted molar refractivity (Wildman–Crippen MR) is 119 cm³/mol. The Morgan fingerprint density at radius 2 is 1.65 bits per heavy atom. The molecule has 2 aromatic carbocycles. The highest BCUT2D eigenvalue weighted by atomic mass is 16.5. The third-order valence-corrected chi connectivity index (χ3v) is 4.90. The second-order valence-corrected chi connectivity index (χ2v) is 6.95. The lowest BCUT2D eigenvalue weighted by atomic mass is 10.1. The Labute approximate surface area is 183 Å². The molecule has 0 saturated heterocycles. The third-order valence-electron chi connectivity index (χ3n) is 4.90. The van der Waals surface area contributed by atoms with Crippen molar-refractivity contribution in [1.82, 2.24) is 10.2 Å². The monoisotopic (exact) mass is 426 g/mol. The molecule has 7 heteroatoms. The first kappa shape index (κ1) is 23.8. The van der Waals surface area contributed by atoms with Crippen LogP contribution in [0.25, 0.3) is 0 Å². The quantitative estimate of drug-likeness (QED) is 0.559. The number of nitrogens with one attached hydrogen (secondary N) is 1. The first-order valence-corrected chi connectivity index (χ1v) is 9.95. The maximum absolute atomic E-state index is 13.2. The number of amides is 2. The number of carbonyl (C=O) groups excluding carboxylic acids is 2. The molecule has 2 aromatic rings. The lowest BCUT2D eigenvalue weighted by Crippen LogP contribution is -2.48. The molecule has 2 amide bonds. The molecule has 166 valence electrons. The van der Waals surface area contributed by atoms with Crippen molar-refractivity contribution in [3.05, 3.63) is 66.2 Å². The van der Waals surface area contributed by atoms with E-state index in [1.807, 2.05) is 30.3 Å². The van der Waals surface area contributed by atoms with Crippen LogP contribution in [0.1, 0.15) is 18.1 Å². The van der Waals surface area contributed by atoms with E-state index in [0.717, 1.165) is 16.9 Å². The van der Waals surface area contributed by atoms with Crippen LogP contribution in [0.4, 0.5) is 0 Å². The summed E-state index contributed by atoms with van der Waals surface area (Å²) in [4.78, 5) is 27.4. The van der Waals surface area contributed by atoms with Crippen molar-refractivity contribution in [3.63, 3.8) is 0 Å². The van der Waals surface area contributed by atoms with Gasteiger partial charge in [-0.05, 0) is 42.3 Å². The molecule has 0 aromatic heterocycles. The van der Waals surface area contributed by atoms with Gasteiger partial charge in [0.25, 0.3) is 0 Å². The smallest absolute Gasteiger partial charge is 0.242 e. The van der Waals surface area contributed by atoms with Crippen molar-refractivity contribution in [2.45, 2.75) is 25.9 Å². The molecule has 0 bridgehead atoms. The van der Waals surface area contributed by atoms with Crippen LogP contribution in [0.15, 0.2) is 55.1 Å². The first-order chi connectivity index (χ1) is 14.9. The van der Waals surface area contributed by atoms with Crippen molar-refractivity contribution in [2.75, 3.05) is 27.9 Å². The molecule has 1 unspecified atom stereocenters. The molecule has 0 radical (unpaired) electrons. The predicted octanol–water partition coefficient (Wildman–Crippen LogP) is 2.97. The first-order valence-electron chi connectivity index (χ1n) is 9.95. The summed E-state index contributed by atoms with van der Waals surface area (Å²) in [6.45, 7) is 5.96. The second-order valence-electron chi connectivity index (χ2n) is 6.95. The largest absolute Gasteiger partial charge is 0.497 e. The zero-order valence-corrected chi connectivity index (χ0v) is 18.5. The summed E-state index contributed by atoms with van der Waals surface area (Å²) in [6, 6.07) is 12.1. The van der Waals surface area contributed by atoms with E-state index >= 15 is 0 Å². The molecule has 31 heavy (non-hydrogen) atoms. The Morgan fingerprint density at radius 1 is 1.00 bits per heavy atom. The summed E-state index contributed by atoms with van der Waals surface area (Å²) in [5, 5.41) is 2.76. The molecule has 0 heterocycles. The van der Waals surface area contributed by atoms with Gasteiger partial charge in [0.15, 0.2) is 11.5 Å². The van der Waals surface area contributed by atoms with Gasteiger partial charge in [0.05, 0.1) is 27.8 Å². The molecule has 1 N–H and O–H groups in total. The molecule has 0 aliphatic rings. The Balaban J connectivity index is 2.25. The summed E-state index contributed by atoms with van der Waals surface area (Å²) < 4.78 is 15.8. The molecule has 0 aliphatic heterocycles. The number of ether oxygens (including phenoxy) is 3. The zero-order chi connectivity index (χ0) is 22.8. The summed E-state index contributed by atoms with van der Waals surface area (Å²) >= 11 is 0. The average Bonchev–Trinajstić information content (AvgIpc) is 2.80. The molecular weight excluding hydrogens is 396 g/mol. The normalized spacial score (nSPS) is 11.2. The van der Waals surface area contributed by atoms with Gasteiger partial charge in [-0.25, -0.2) is 0 Å². The van der Waals surface area contributed by atoms with Crippen LogP contribution >= 0.6 is 0 Å². The fourth-order valence-corrected chi connectivity index (χ4v) is 3.10. The second kappa shape index (κ2) is 11.6. The molecule has 1 atom stereocenters. The van der Waals surface area contributed by atoms with Gasteiger partial charge in [0.1, 0.15) is 11.8 Å². The van der Waals surface area contributed by atoms with Crippen LogP contribution in [0.5, 0.6) is 17.2 Å². The average molecular weight is 427 g/mol. The maximum Gasteiger partial charge on any atom is 0.242 e. The van der Waals surface area contributed by atoms with E-state index in [0.29, 0.717) is 24.6 Å². The molecule has 0 fully saturated rings. The Morgan fingerprint density at radius 3 is 2.23 bits per heavy atom. The van der Waals surface area contributed by atoms with Gasteiger partial charge in [-0.1, -0.05) is 24.3 Å². The number of methoxy groups -OCH3 is 3. The zero-order valence-electron chi connectivity index (χ0n) is 18.5. The van der Waals surface area contributed by atoms with Crippen LogP contribution in [-0.4, -0.2) is 50.6 Å². The fourth-order valence-electron chi connectivity index (χ4n) is 3.10. The fraction of sp³-hybridized carbons (Fsp3) is 0.333. The van der Waals surface area contributed by atoms with Crippen LogP contribution < -0.4 is 19.5 Å². The SMILES string of the molecule is C=CCNC(=O)C(C)N(Cc1ccc(OC)cc1)C(=O)Cc1ccc(OC)c(OC)c1. The van der Waals surface area contributed by atoms with Gasteiger partial charge in [0.2, 0.25) is 11.8 Å². The molecule has 0 aliphatic carbocycles. The highest BCUT2D eigenvalue weighted by molar-refractivity contribution is 5.88. The Hall–Kier alpha value is -3.48. The molecule has 0 spiro atoms.